The van der Waals surface area contributed by atoms with Gasteiger partial charge in [0.05, 0.1) is 5.75 Å². The molecule has 1 heterocycles. The predicted molar refractivity (Wildman–Crippen MR) is 105 cm³/mol. The Morgan fingerprint density at radius 2 is 2.04 bits per heavy atom. The predicted octanol–water partition coefficient (Wildman–Crippen LogP) is 1.07. The number of fused-ring (bicyclic) bond motifs is 1. The van der Waals surface area contributed by atoms with Gasteiger partial charge in [0.25, 0.3) is 5.91 Å². The van der Waals surface area contributed by atoms with E-state index in [4.69, 9.17) is 21.7 Å². The van der Waals surface area contributed by atoms with Crippen molar-refractivity contribution in [3.05, 3.63) is 29.3 Å². The Bertz CT molecular complexity index is 752. The summed E-state index contributed by atoms with van der Waals surface area (Å²) >= 11 is 6.36. The van der Waals surface area contributed by atoms with E-state index in [1.165, 1.54) is 27.8 Å². The SMILES string of the molecule is O=C(COC(=O)COc1ccc2c(c1)CCC2)NCCN1C(=O)CSC1=S. The summed E-state index contributed by atoms with van der Waals surface area (Å²) in [5.74, 6) is -0.145. The van der Waals surface area contributed by atoms with Crippen LogP contribution in [0.25, 0.3) is 0 Å². The Kier molecular flexibility index (Phi) is 6.68. The number of thiocarbonyl (C=S) groups is 1. The number of hydrogen-bond acceptors (Lipinski definition) is 7. The molecular weight excluding hydrogens is 388 g/mol. The second-order valence-electron chi connectivity index (χ2n) is 6.18. The molecule has 27 heavy (non-hydrogen) atoms. The molecule has 3 rings (SSSR count). The number of ether oxygens (including phenoxy) is 2. The van der Waals surface area contributed by atoms with E-state index < -0.39 is 11.9 Å². The summed E-state index contributed by atoms with van der Waals surface area (Å²) in [5.41, 5.74) is 2.59. The van der Waals surface area contributed by atoms with Crippen molar-refractivity contribution in [1.82, 2.24) is 10.2 Å². The third kappa shape index (κ3) is 5.43. The topological polar surface area (TPSA) is 84.9 Å². The fraction of sp³-hybridized carbons (Fsp3) is 0.444. The highest BCUT2D eigenvalue weighted by atomic mass is 32.2. The van der Waals surface area contributed by atoms with Gasteiger partial charge in [-0.05, 0) is 42.5 Å². The van der Waals surface area contributed by atoms with E-state index in [1.807, 2.05) is 18.2 Å². The van der Waals surface area contributed by atoms with Crippen LogP contribution in [0.4, 0.5) is 0 Å². The van der Waals surface area contributed by atoms with Crippen LogP contribution < -0.4 is 10.1 Å². The molecule has 1 N–H and O–H groups in total. The largest absolute Gasteiger partial charge is 0.482 e. The summed E-state index contributed by atoms with van der Waals surface area (Å²) in [7, 11) is 0. The Balaban J connectivity index is 1.31. The minimum Gasteiger partial charge on any atom is -0.482 e. The van der Waals surface area contributed by atoms with Gasteiger partial charge in [-0.3, -0.25) is 14.5 Å². The van der Waals surface area contributed by atoms with Gasteiger partial charge in [-0.2, -0.15) is 0 Å². The number of rotatable bonds is 8. The average molecular weight is 409 g/mol. The van der Waals surface area contributed by atoms with Crippen molar-refractivity contribution in [3.63, 3.8) is 0 Å². The molecule has 0 aromatic heterocycles. The molecule has 0 unspecified atom stereocenters. The Morgan fingerprint density at radius 3 is 2.81 bits per heavy atom. The highest BCUT2D eigenvalue weighted by Gasteiger charge is 2.26. The molecule has 144 valence electrons. The maximum atomic E-state index is 11.7. The quantitative estimate of drug-likeness (QED) is 0.509. The first-order valence-electron chi connectivity index (χ1n) is 8.67. The van der Waals surface area contributed by atoms with Gasteiger partial charge in [-0.1, -0.05) is 30.0 Å². The molecule has 1 saturated heterocycles. The molecule has 0 spiro atoms. The van der Waals surface area contributed by atoms with E-state index in [9.17, 15) is 14.4 Å². The zero-order chi connectivity index (χ0) is 19.2. The molecule has 0 bridgehead atoms. The molecule has 9 heteroatoms. The van der Waals surface area contributed by atoms with Crippen LogP contribution in [-0.4, -0.2) is 59.1 Å². The van der Waals surface area contributed by atoms with Crippen molar-refractivity contribution < 1.29 is 23.9 Å². The lowest BCUT2D eigenvalue weighted by atomic mass is 10.1. The van der Waals surface area contributed by atoms with Crippen LogP contribution >= 0.6 is 24.0 Å². The van der Waals surface area contributed by atoms with Gasteiger partial charge < -0.3 is 14.8 Å². The van der Waals surface area contributed by atoms with Gasteiger partial charge in [0, 0.05) is 13.1 Å². The minimum atomic E-state index is -0.613. The fourth-order valence-corrected chi connectivity index (χ4v) is 4.04. The summed E-state index contributed by atoms with van der Waals surface area (Å²) in [6, 6.07) is 5.81. The van der Waals surface area contributed by atoms with E-state index >= 15 is 0 Å². The number of amides is 2. The second-order valence-corrected chi connectivity index (χ2v) is 7.79. The average Bonchev–Trinajstić information content (AvgIpc) is 3.25. The van der Waals surface area contributed by atoms with Gasteiger partial charge >= 0.3 is 5.97 Å². The normalized spacial score (nSPS) is 15.6. The Hall–Kier alpha value is -2.13. The molecule has 7 nitrogen and oxygen atoms in total. The third-order valence-electron chi connectivity index (χ3n) is 4.29. The van der Waals surface area contributed by atoms with Gasteiger partial charge in [-0.25, -0.2) is 4.79 Å². The molecule has 1 aromatic rings. The molecule has 2 amide bonds. The van der Waals surface area contributed by atoms with E-state index in [1.54, 1.807) is 0 Å². The first-order valence-corrected chi connectivity index (χ1v) is 10.1. The van der Waals surface area contributed by atoms with Gasteiger partial charge in [0.15, 0.2) is 13.2 Å². The number of nitrogens with zero attached hydrogens (tertiary/aromatic N) is 1. The summed E-state index contributed by atoms with van der Waals surface area (Å²) in [4.78, 5) is 36.4. The van der Waals surface area contributed by atoms with Crippen LogP contribution in [0.3, 0.4) is 0 Å². The third-order valence-corrected chi connectivity index (χ3v) is 5.72. The summed E-state index contributed by atoms with van der Waals surface area (Å²) in [6.07, 6.45) is 3.26. The lowest BCUT2D eigenvalue weighted by Gasteiger charge is -2.15. The van der Waals surface area contributed by atoms with Crippen molar-refractivity contribution in [3.8, 4) is 5.75 Å². The molecule has 2 aliphatic rings. The summed E-state index contributed by atoms with van der Waals surface area (Å²) in [6.45, 7) is -0.0837. The molecule has 0 atom stereocenters. The molecule has 0 radical (unpaired) electrons. The minimum absolute atomic E-state index is 0.0608. The van der Waals surface area contributed by atoms with Crippen LogP contribution in [0.15, 0.2) is 18.2 Å². The number of esters is 1. The highest BCUT2D eigenvalue weighted by Crippen LogP contribution is 2.26. The molecule has 1 aromatic carbocycles. The zero-order valence-corrected chi connectivity index (χ0v) is 16.3. The van der Waals surface area contributed by atoms with Crippen LogP contribution in [0.5, 0.6) is 5.75 Å². The number of carbonyl (C=O) groups excluding carboxylic acids is 3. The molecule has 0 saturated carbocycles. The van der Waals surface area contributed by atoms with Crippen molar-refractivity contribution in [2.75, 3.05) is 32.1 Å². The van der Waals surface area contributed by atoms with Crippen LogP contribution in [0, 0.1) is 0 Å². The van der Waals surface area contributed by atoms with E-state index in [2.05, 4.69) is 5.32 Å². The first kappa shape index (κ1) is 19.6. The number of nitrogens with one attached hydrogen (secondary N) is 1. The molecule has 1 aliphatic carbocycles. The van der Waals surface area contributed by atoms with Crippen molar-refractivity contribution in [1.29, 1.82) is 0 Å². The van der Waals surface area contributed by atoms with Gasteiger partial charge in [-0.15, -0.1) is 0 Å². The monoisotopic (exact) mass is 408 g/mol. The Morgan fingerprint density at radius 1 is 1.22 bits per heavy atom. The zero-order valence-electron chi connectivity index (χ0n) is 14.7. The fourth-order valence-electron chi connectivity index (χ4n) is 2.92. The van der Waals surface area contributed by atoms with Crippen LogP contribution in [0.1, 0.15) is 17.5 Å². The van der Waals surface area contributed by atoms with Crippen molar-refractivity contribution in [2.45, 2.75) is 19.3 Å². The van der Waals surface area contributed by atoms with Crippen molar-refractivity contribution >= 4 is 46.1 Å². The van der Waals surface area contributed by atoms with E-state index in [-0.39, 0.29) is 25.7 Å². The lowest BCUT2D eigenvalue weighted by Crippen LogP contribution is -2.38. The van der Waals surface area contributed by atoms with E-state index in [0.29, 0.717) is 22.4 Å². The number of hydrogen-bond donors (Lipinski definition) is 1. The first-order chi connectivity index (χ1) is 13.0. The number of carbonyl (C=O) groups is 3. The lowest BCUT2D eigenvalue weighted by molar-refractivity contribution is -0.150. The Labute approximate surface area is 166 Å². The number of benzene rings is 1. The highest BCUT2D eigenvalue weighted by molar-refractivity contribution is 8.23. The molecule has 1 aliphatic heterocycles. The maximum absolute atomic E-state index is 11.7. The summed E-state index contributed by atoms with van der Waals surface area (Å²) in [5, 5.41) is 2.59. The van der Waals surface area contributed by atoms with Gasteiger partial charge in [0.2, 0.25) is 5.91 Å². The van der Waals surface area contributed by atoms with Crippen LogP contribution in [0.2, 0.25) is 0 Å². The second kappa shape index (κ2) is 9.18. The number of thioether (sulfide) groups is 1. The standard InChI is InChI=1S/C18H20N2O5S2/c21-15(19-6-7-20-16(22)11-27-18(20)26)9-25-17(23)10-24-14-5-4-12-2-1-3-13(12)8-14/h4-5,8H,1-3,6-7,9-11H2,(H,19,21). The van der Waals surface area contributed by atoms with Crippen LogP contribution in [-0.2, 0) is 32.0 Å². The smallest absolute Gasteiger partial charge is 0.344 e. The van der Waals surface area contributed by atoms with Crippen molar-refractivity contribution in [2.24, 2.45) is 0 Å². The van der Waals surface area contributed by atoms with Gasteiger partial charge in [0.1, 0.15) is 10.1 Å². The number of aryl methyl sites for hydroxylation is 2. The maximum Gasteiger partial charge on any atom is 0.344 e. The summed E-state index contributed by atoms with van der Waals surface area (Å²) < 4.78 is 10.8. The molecule has 1 fully saturated rings. The van der Waals surface area contributed by atoms with E-state index in [0.717, 1.165) is 19.3 Å². The molecular formula is C18H20N2O5S2.